The van der Waals surface area contributed by atoms with Crippen molar-refractivity contribution in [3.8, 4) is 0 Å². The van der Waals surface area contributed by atoms with Gasteiger partial charge < -0.3 is 9.64 Å². The molecule has 1 heterocycles. The predicted octanol–water partition coefficient (Wildman–Crippen LogP) is 4.01. The lowest BCUT2D eigenvalue weighted by Crippen LogP contribution is -2.23. The van der Waals surface area contributed by atoms with Gasteiger partial charge in [-0.3, -0.25) is 4.79 Å². The Morgan fingerprint density at radius 2 is 1.50 bits per heavy atom. The highest BCUT2D eigenvalue weighted by Gasteiger charge is 2.22. The molecule has 0 aromatic heterocycles. The summed E-state index contributed by atoms with van der Waals surface area (Å²) in [5.74, 6) is -0.0805. The fourth-order valence-electron chi connectivity index (χ4n) is 2.53. The number of likely N-dealkylation sites (tertiary alicyclic amines) is 1. The van der Waals surface area contributed by atoms with E-state index in [2.05, 4.69) is 4.90 Å². The number of esters is 1. The molecule has 0 aromatic carbocycles. The Morgan fingerprint density at radius 3 is 2.10 bits per heavy atom. The second-order valence-electron chi connectivity index (χ2n) is 7.06. The molecule has 1 saturated heterocycles. The summed E-state index contributed by atoms with van der Waals surface area (Å²) in [6.45, 7) is 10.2. The van der Waals surface area contributed by atoms with Crippen molar-refractivity contribution in [2.45, 2.75) is 72.1 Å². The number of carbonyl (C=O) groups is 1. The van der Waals surface area contributed by atoms with Crippen molar-refractivity contribution in [2.75, 3.05) is 26.2 Å². The summed E-state index contributed by atoms with van der Waals surface area (Å²) >= 11 is 0. The summed E-state index contributed by atoms with van der Waals surface area (Å²) in [5.41, 5.74) is -0.366. The van der Waals surface area contributed by atoms with Gasteiger partial charge in [-0.05, 0) is 66.1 Å². The van der Waals surface area contributed by atoms with E-state index >= 15 is 0 Å². The Bertz CT molecular complexity index is 265. The molecular weight excluding hydrogens is 250 g/mol. The van der Waals surface area contributed by atoms with Gasteiger partial charge in [0.1, 0.15) is 0 Å². The summed E-state index contributed by atoms with van der Waals surface area (Å²) in [6.07, 6.45) is 10.3. The van der Waals surface area contributed by atoms with Crippen LogP contribution in [0.3, 0.4) is 0 Å². The molecule has 0 aliphatic carbocycles. The molecule has 0 bridgehead atoms. The highest BCUT2D eigenvalue weighted by atomic mass is 16.5. The normalized spacial score (nSPS) is 16.6. The van der Waals surface area contributed by atoms with Crippen LogP contribution in [0.2, 0.25) is 0 Å². The minimum Gasteiger partial charge on any atom is -0.465 e. The van der Waals surface area contributed by atoms with E-state index in [0.29, 0.717) is 6.61 Å². The maximum Gasteiger partial charge on any atom is 0.311 e. The Hall–Kier alpha value is -0.570. The lowest BCUT2D eigenvalue weighted by Gasteiger charge is -2.16. The zero-order valence-corrected chi connectivity index (χ0v) is 13.7. The average molecular weight is 283 g/mol. The van der Waals surface area contributed by atoms with E-state index in [-0.39, 0.29) is 11.4 Å². The standard InChI is InChI=1S/C17H33NO2/c1-17(2,3)16(19)20-15-11-7-5-4-6-8-12-18-13-9-10-14-18/h4-15H2,1-3H3. The Kier molecular flexibility index (Phi) is 8.20. The van der Waals surface area contributed by atoms with Gasteiger partial charge in [0, 0.05) is 0 Å². The van der Waals surface area contributed by atoms with Crippen LogP contribution >= 0.6 is 0 Å². The topological polar surface area (TPSA) is 29.5 Å². The van der Waals surface area contributed by atoms with E-state index in [4.69, 9.17) is 4.74 Å². The van der Waals surface area contributed by atoms with Crippen LogP contribution in [-0.4, -0.2) is 37.1 Å². The number of carbonyl (C=O) groups excluding carboxylic acids is 1. The number of hydrogen-bond acceptors (Lipinski definition) is 3. The van der Waals surface area contributed by atoms with Crippen molar-refractivity contribution >= 4 is 5.97 Å². The second-order valence-corrected chi connectivity index (χ2v) is 7.06. The van der Waals surface area contributed by atoms with Gasteiger partial charge >= 0.3 is 5.97 Å². The SMILES string of the molecule is CC(C)(C)C(=O)OCCCCCCCCN1CCCC1. The molecule has 118 valence electrons. The third kappa shape index (κ3) is 7.88. The molecule has 0 radical (unpaired) electrons. The van der Waals surface area contributed by atoms with Gasteiger partial charge in [-0.2, -0.15) is 0 Å². The van der Waals surface area contributed by atoms with Gasteiger partial charge in [0.05, 0.1) is 12.0 Å². The lowest BCUT2D eigenvalue weighted by molar-refractivity contribution is -0.153. The first-order chi connectivity index (χ1) is 9.50. The second kappa shape index (κ2) is 9.38. The van der Waals surface area contributed by atoms with E-state index in [1.165, 1.54) is 64.6 Å². The summed E-state index contributed by atoms with van der Waals surface area (Å²) in [4.78, 5) is 14.1. The number of rotatable bonds is 9. The predicted molar refractivity (Wildman–Crippen MR) is 83.8 cm³/mol. The van der Waals surface area contributed by atoms with Gasteiger partial charge in [0.15, 0.2) is 0 Å². The molecule has 0 N–H and O–H groups in total. The van der Waals surface area contributed by atoms with Crippen LogP contribution in [0.1, 0.15) is 72.1 Å². The van der Waals surface area contributed by atoms with E-state index in [1.54, 1.807) is 0 Å². The van der Waals surface area contributed by atoms with Crippen LogP contribution in [-0.2, 0) is 9.53 Å². The van der Waals surface area contributed by atoms with Gasteiger partial charge in [0.25, 0.3) is 0 Å². The van der Waals surface area contributed by atoms with Crippen LogP contribution in [0, 0.1) is 5.41 Å². The fraction of sp³-hybridized carbons (Fsp3) is 0.941. The molecule has 0 atom stereocenters. The van der Waals surface area contributed by atoms with Crippen LogP contribution in [0.15, 0.2) is 0 Å². The molecule has 0 aromatic rings. The van der Waals surface area contributed by atoms with Gasteiger partial charge in [0.2, 0.25) is 0 Å². The zero-order valence-electron chi connectivity index (χ0n) is 13.7. The van der Waals surface area contributed by atoms with E-state index in [0.717, 1.165) is 6.42 Å². The van der Waals surface area contributed by atoms with Crippen molar-refractivity contribution in [3.05, 3.63) is 0 Å². The van der Waals surface area contributed by atoms with Gasteiger partial charge in [-0.25, -0.2) is 0 Å². The van der Waals surface area contributed by atoms with Gasteiger partial charge in [-0.1, -0.05) is 25.7 Å². The highest BCUT2D eigenvalue weighted by Crippen LogP contribution is 2.15. The molecule has 20 heavy (non-hydrogen) atoms. The quantitative estimate of drug-likeness (QED) is 0.473. The first kappa shape index (κ1) is 17.5. The van der Waals surface area contributed by atoms with Gasteiger partial charge in [-0.15, -0.1) is 0 Å². The third-order valence-electron chi connectivity index (χ3n) is 3.91. The molecule has 3 heteroatoms. The highest BCUT2D eigenvalue weighted by molar-refractivity contribution is 5.75. The first-order valence-electron chi connectivity index (χ1n) is 8.40. The Morgan fingerprint density at radius 1 is 0.950 bits per heavy atom. The molecule has 0 unspecified atom stereocenters. The van der Waals surface area contributed by atoms with Crippen LogP contribution in [0.5, 0.6) is 0 Å². The monoisotopic (exact) mass is 283 g/mol. The summed E-state index contributed by atoms with van der Waals surface area (Å²) in [6, 6.07) is 0. The van der Waals surface area contributed by atoms with E-state index in [9.17, 15) is 4.79 Å². The lowest BCUT2D eigenvalue weighted by atomic mass is 9.97. The molecule has 0 spiro atoms. The number of hydrogen-bond donors (Lipinski definition) is 0. The largest absolute Gasteiger partial charge is 0.465 e. The van der Waals surface area contributed by atoms with E-state index in [1.807, 2.05) is 20.8 Å². The van der Waals surface area contributed by atoms with Crippen LogP contribution in [0.25, 0.3) is 0 Å². The zero-order chi connectivity index (χ0) is 14.8. The first-order valence-corrected chi connectivity index (χ1v) is 8.40. The number of ether oxygens (including phenoxy) is 1. The average Bonchev–Trinajstić information content (AvgIpc) is 2.88. The van der Waals surface area contributed by atoms with Crippen molar-refractivity contribution in [1.82, 2.24) is 4.90 Å². The summed E-state index contributed by atoms with van der Waals surface area (Å²) in [5, 5.41) is 0. The van der Waals surface area contributed by atoms with Crippen molar-refractivity contribution in [2.24, 2.45) is 5.41 Å². The summed E-state index contributed by atoms with van der Waals surface area (Å²) in [7, 11) is 0. The van der Waals surface area contributed by atoms with Crippen molar-refractivity contribution < 1.29 is 9.53 Å². The van der Waals surface area contributed by atoms with Crippen LogP contribution in [0.4, 0.5) is 0 Å². The molecular formula is C17H33NO2. The molecule has 1 aliphatic heterocycles. The van der Waals surface area contributed by atoms with Crippen molar-refractivity contribution in [3.63, 3.8) is 0 Å². The summed E-state index contributed by atoms with van der Waals surface area (Å²) < 4.78 is 5.26. The molecule has 1 rings (SSSR count). The minimum absolute atomic E-state index is 0.0805. The molecule has 0 amide bonds. The van der Waals surface area contributed by atoms with Crippen LogP contribution < -0.4 is 0 Å². The minimum atomic E-state index is -0.366. The fourth-order valence-corrected chi connectivity index (χ4v) is 2.53. The van der Waals surface area contributed by atoms with E-state index < -0.39 is 0 Å². The number of nitrogens with zero attached hydrogens (tertiary/aromatic N) is 1. The number of unbranched alkanes of at least 4 members (excludes halogenated alkanes) is 5. The Balaban J connectivity index is 1.81. The smallest absolute Gasteiger partial charge is 0.311 e. The molecule has 1 fully saturated rings. The molecule has 0 saturated carbocycles. The molecule has 3 nitrogen and oxygen atoms in total. The Labute approximate surface area is 125 Å². The molecule has 1 aliphatic rings. The third-order valence-corrected chi connectivity index (χ3v) is 3.91. The maximum absolute atomic E-state index is 11.5. The maximum atomic E-state index is 11.5. The van der Waals surface area contributed by atoms with Crippen molar-refractivity contribution in [1.29, 1.82) is 0 Å².